The molecule has 0 saturated carbocycles. The van der Waals surface area contributed by atoms with Gasteiger partial charge < -0.3 is 10.1 Å². The lowest BCUT2D eigenvalue weighted by atomic mass is 10.2. The molecule has 2 heterocycles. The minimum atomic E-state index is -4.79. The van der Waals surface area contributed by atoms with Crippen LogP contribution in [-0.2, 0) is 11.0 Å². The second kappa shape index (κ2) is 8.83. The molecule has 0 aliphatic heterocycles. The zero-order chi connectivity index (χ0) is 23.6. The van der Waals surface area contributed by atoms with E-state index in [1.165, 1.54) is 32.3 Å². The number of nitro groups is 1. The smallest absolute Gasteiger partial charge is 0.436 e. The van der Waals surface area contributed by atoms with Crippen LogP contribution in [0.2, 0.25) is 5.02 Å². The Hall–Kier alpha value is -3.67. The van der Waals surface area contributed by atoms with Crippen LogP contribution in [0, 0.1) is 17.0 Å². The van der Waals surface area contributed by atoms with Crippen molar-refractivity contribution >= 4 is 28.9 Å². The Morgan fingerprint density at radius 2 is 2.03 bits per heavy atom. The standard InChI is InChI=1S/C19H15ClF3N5O4/c1-10-16(20)17(19(21,22)23)26-27(10)11(2)18(29)25-12-6-13(28(30)31)8-15(7-12)32-14-4-3-5-24-9-14/h3-9,11H,1-2H3,(H,25,29). The number of nitro benzene ring substituents is 1. The van der Waals surface area contributed by atoms with Crippen LogP contribution in [0.3, 0.4) is 0 Å². The van der Waals surface area contributed by atoms with E-state index in [9.17, 15) is 28.1 Å². The average molecular weight is 470 g/mol. The summed E-state index contributed by atoms with van der Waals surface area (Å²) in [4.78, 5) is 27.1. The minimum Gasteiger partial charge on any atom is -0.455 e. The number of nitrogens with one attached hydrogen (secondary N) is 1. The van der Waals surface area contributed by atoms with Crippen molar-refractivity contribution in [3.63, 3.8) is 0 Å². The number of nitrogens with zero attached hydrogens (tertiary/aromatic N) is 4. The molecule has 2 aromatic heterocycles. The molecule has 168 valence electrons. The topological polar surface area (TPSA) is 112 Å². The number of carbonyl (C=O) groups is 1. The van der Waals surface area contributed by atoms with Gasteiger partial charge in [0.1, 0.15) is 17.5 Å². The Balaban J connectivity index is 1.88. The first-order valence-corrected chi connectivity index (χ1v) is 9.35. The quantitative estimate of drug-likeness (QED) is 0.394. The van der Waals surface area contributed by atoms with E-state index in [1.807, 2.05) is 0 Å². The highest BCUT2D eigenvalue weighted by Crippen LogP contribution is 2.36. The van der Waals surface area contributed by atoms with E-state index in [2.05, 4.69) is 15.4 Å². The molecule has 0 saturated heterocycles. The first-order valence-electron chi connectivity index (χ1n) is 8.97. The van der Waals surface area contributed by atoms with E-state index in [-0.39, 0.29) is 22.8 Å². The summed E-state index contributed by atoms with van der Waals surface area (Å²) in [6, 6.07) is 5.54. The predicted molar refractivity (Wildman–Crippen MR) is 108 cm³/mol. The van der Waals surface area contributed by atoms with Crippen molar-refractivity contribution in [1.29, 1.82) is 0 Å². The summed E-state index contributed by atoms with van der Waals surface area (Å²) in [5, 5.41) is 16.5. The van der Waals surface area contributed by atoms with Crippen molar-refractivity contribution in [1.82, 2.24) is 14.8 Å². The number of halogens is 4. The summed E-state index contributed by atoms with van der Waals surface area (Å²) >= 11 is 5.73. The van der Waals surface area contributed by atoms with Gasteiger partial charge in [-0.2, -0.15) is 18.3 Å². The predicted octanol–water partition coefficient (Wildman–Crippen LogP) is 5.16. The second-order valence-corrected chi connectivity index (χ2v) is 7.00. The first-order chi connectivity index (χ1) is 15.0. The number of rotatable bonds is 6. The summed E-state index contributed by atoms with van der Waals surface area (Å²) in [5.74, 6) is -0.415. The Bertz CT molecular complexity index is 1170. The van der Waals surface area contributed by atoms with Crippen molar-refractivity contribution in [3.05, 3.63) is 69.3 Å². The number of anilines is 1. The summed E-state index contributed by atoms with van der Waals surface area (Å²) in [6.07, 6.45) is -1.88. The van der Waals surface area contributed by atoms with Crippen LogP contribution in [0.5, 0.6) is 11.5 Å². The monoisotopic (exact) mass is 469 g/mol. The van der Waals surface area contributed by atoms with Gasteiger partial charge in [0.25, 0.3) is 5.69 Å². The summed E-state index contributed by atoms with van der Waals surface area (Å²) < 4.78 is 45.5. The molecule has 0 fully saturated rings. The van der Waals surface area contributed by atoms with Crippen molar-refractivity contribution < 1.29 is 27.6 Å². The van der Waals surface area contributed by atoms with Crippen LogP contribution in [0.4, 0.5) is 24.5 Å². The Kier molecular flexibility index (Phi) is 6.35. The lowest BCUT2D eigenvalue weighted by Gasteiger charge is -2.15. The van der Waals surface area contributed by atoms with Gasteiger partial charge in [-0.15, -0.1) is 0 Å². The zero-order valence-electron chi connectivity index (χ0n) is 16.6. The first kappa shape index (κ1) is 23.0. The van der Waals surface area contributed by atoms with Gasteiger partial charge in [0, 0.05) is 18.3 Å². The van der Waals surface area contributed by atoms with Crippen molar-refractivity contribution in [3.8, 4) is 11.5 Å². The summed E-state index contributed by atoms with van der Waals surface area (Å²) in [6.45, 7) is 2.61. The molecular formula is C19H15ClF3N5O4. The number of carbonyl (C=O) groups excluding carboxylic acids is 1. The number of benzene rings is 1. The van der Waals surface area contributed by atoms with E-state index in [0.29, 0.717) is 5.75 Å². The number of alkyl halides is 3. The van der Waals surface area contributed by atoms with Gasteiger partial charge in [-0.05, 0) is 26.0 Å². The van der Waals surface area contributed by atoms with E-state index in [1.54, 1.807) is 12.1 Å². The third kappa shape index (κ3) is 4.97. The van der Waals surface area contributed by atoms with Crippen LogP contribution in [0.25, 0.3) is 0 Å². The maximum atomic E-state index is 13.1. The fourth-order valence-corrected chi connectivity index (χ4v) is 3.01. The zero-order valence-corrected chi connectivity index (χ0v) is 17.3. The SMILES string of the molecule is Cc1c(Cl)c(C(F)(F)F)nn1C(C)C(=O)Nc1cc(Oc2cccnc2)cc([N+](=O)[O-])c1. The number of pyridine rings is 1. The molecule has 0 spiro atoms. The van der Waals surface area contributed by atoms with Gasteiger partial charge in [0.05, 0.1) is 33.6 Å². The molecule has 1 aromatic carbocycles. The molecular weight excluding hydrogens is 455 g/mol. The van der Waals surface area contributed by atoms with E-state index < -0.39 is 33.8 Å². The third-order valence-electron chi connectivity index (χ3n) is 4.33. The van der Waals surface area contributed by atoms with E-state index in [4.69, 9.17) is 16.3 Å². The summed E-state index contributed by atoms with van der Waals surface area (Å²) in [5.41, 5.74) is -1.73. The molecule has 0 aliphatic rings. The van der Waals surface area contributed by atoms with E-state index >= 15 is 0 Å². The number of amides is 1. The van der Waals surface area contributed by atoms with Crippen LogP contribution in [0.1, 0.15) is 24.4 Å². The molecule has 1 atom stereocenters. The van der Waals surface area contributed by atoms with Gasteiger partial charge in [0.2, 0.25) is 5.91 Å². The van der Waals surface area contributed by atoms with Gasteiger partial charge in [-0.25, -0.2) is 0 Å². The van der Waals surface area contributed by atoms with Gasteiger partial charge in [-0.1, -0.05) is 11.6 Å². The molecule has 1 N–H and O–H groups in total. The van der Waals surface area contributed by atoms with Gasteiger partial charge >= 0.3 is 6.18 Å². The fraction of sp³-hybridized carbons (Fsp3) is 0.211. The largest absolute Gasteiger partial charge is 0.455 e. The number of aromatic nitrogens is 3. The molecule has 32 heavy (non-hydrogen) atoms. The van der Waals surface area contributed by atoms with Crippen LogP contribution >= 0.6 is 11.6 Å². The molecule has 3 rings (SSSR count). The van der Waals surface area contributed by atoms with Crippen LogP contribution in [0.15, 0.2) is 42.7 Å². The minimum absolute atomic E-state index is 0.00175. The molecule has 13 heteroatoms. The lowest BCUT2D eigenvalue weighted by molar-refractivity contribution is -0.384. The molecule has 9 nitrogen and oxygen atoms in total. The lowest BCUT2D eigenvalue weighted by Crippen LogP contribution is -2.25. The number of non-ortho nitro benzene ring substituents is 1. The molecule has 1 amide bonds. The van der Waals surface area contributed by atoms with Crippen molar-refractivity contribution in [2.75, 3.05) is 5.32 Å². The Morgan fingerprint density at radius 3 is 2.59 bits per heavy atom. The third-order valence-corrected chi connectivity index (χ3v) is 4.78. The highest BCUT2D eigenvalue weighted by Gasteiger charge is 2.39. The number of ether oxygens (including phenoxy) is 1. The van der Waals surface area contributed by atoms with Gasteiger partial charge in [0.15, 0.2) is 5.69 Å². The van der Waals surface area contributed by atoms with Crippen molar-refractivity contribution in [2.45, 2.75) is 26.1 Å². The number of hydrogen-bond donors (Lipinski definition) is 1. The van der Waals surface area contributed by atoms with Gasteiger partial charge in [-0.3, -0.25) is 24.6 Å². The molecule has 1 unspecified atom stereocenters. The molecule has 0 aliphatic carbocycles. The van der Waals surface area contributed by atoms with Crippen LogP contribution in [-0.4, -0.2) is 25.6 Å². The maximum Gasteiger partial charge on any atom is 0.436 e. The normalized spacial score (nSPS) is 12.3. The number of hydrogen-bond acceptors (Lipinski definition) is 6. The Labute approximate surface area is 183 Å². The van der Waals surface area contributed by atoms with E-state index in [0.717, 1.165) is 16.8 Å². The highest BCUT2D eigenvalue weighted by molar-refractivity contribution is 6.32. The molecule has 3 aromatic rings. The maximum absolute atomic E-state index is 13.1. The molecule has 0 radical (unpaired) electrons. The Morgan fingerprint density at radius 1 is 1.31 bits per heavy atom. The average Bonchev–Trinajstić information content (AvgIpc) is 3.03. The highest BCUT2D eigenvalue weighted by atomic mass is 35.5. The fourth-order valence-electron chi connectivity index (χ4n) is 2.78. The van der Waals surface area contributed by atoms with Crippen molar-refractivity contribution in [2.24, 2.45) is 0 Å². The van der Waals surface area contributed by atoms with Crippen LogP contribution < -0.4 is 10.1 Å². The summed E-state index contributed by atoms with van der Waals surface area (Å²) in [7, 11) is 0. The molecule has 0 bridgehead atoms. The second-order valence-electron chi connectivity index (χ2n) is 6.62.